The SMILES string of the molecule is COc1ccc2cc(CN(C)C(=O)COC(=O)c3cccc(C)c3NC(=O)c3ccco3)ccc2c1. The quantitative estimate of drug-likeness (QED) is 0.359. The zero-order valence-corrected chi connectivity index (χ0v) is 20.2. The third-order valence-electron chi connectivity index (χ3n) is 5.76. The number of rotatable bonds is 8. The molecule has 0 aliphatic carbocycles. The first-order valence-corrected chi connectivity index (χ1v) is 11.3. The van der Waals surface area contributed by atoms with Crippen molar-refractivity contribution in [3.8, 4) is 5.75 Å². The molecule has 0 aliphatic heterocycles. The number of hydrogen-bond donors (Lipinski definition) is 1. The molecule has 1 heterocycles. The van der Waals surface area contributed by atoms with Crippen molar-refractivity contribution in [2.45, 2.75) is 13.5 Å². The Morgan fingerprint density at radius 3 is 2.50 bits per heavy atom. The van der Waals surface area contributed by atoms with Gasteiger partial charge in [0.15, 0.2) is 12.4 Å². The van der Waals surface area contributed by atoms with E-state index in [2.05, 4.69) is 5.32 Å². The summed E-state index contributed by atoms with van der Waals surface area (Å²) in [7, 11) is 3.27. The van der Waals surface area contributed by atoms with Crippen LogP contribution in [-0.2, 0) is 16.1 Å². The van der Waals surface area contributed by atoms with Gasteiger partial charge in [0, 0.05) is 13.6 Å². The zero-order valence-electron chi connectivity index (χ0n) is 20.2. The zero-order chi connectivity index (χ0) is 25.7. The van der Waals surface area contributed by atoms with Crippen molar-refractivity contribution in [1.82, 2.24) is 4.90 Å². The predicted octanol–water partition coefficient (Wildman–Crippen LogP) is 4.82. The lowest BCUT2D eigenvalue weighted by Gasteiger charge is -2.18. The number of anilines is 1. The van der Waals surface area contributed by atoms with Gasteiger partial charge in [0.25, 0.3) is 11.8 Å². The second-order valence-corrected chi connectivity index (χ2v) is 8.30. The Hall–Kier alpha value is -4.59. The molecular weight excluding hydrogens is 460 g/mol. The number of carbonyl (C=O) groups excluding carboxylic acids is 3. The van der Waals surface area contributed by atoms with Crippen molar-refractivity contribution in [1.29, 1.82) is 0 Å². The molecule has 0 aliphatic rings. The summed E-state index contributed by atoms with van der Waals surface area (Å²) < 4.78 is 15.7. The van der Waals surface area contributed by atoms with E-state index in [0.29, 0.717) is 17.8 Å². The van der Waals surface area contributed by atoms with Crippen LogP contribution in [0.5, 0.6) is 5.75 Å². The van der Waals surface area contributed by atoms with E-state index in [1.165, 1.54) is 23.3 Å². The molecule has 0 radical (unpaired) electrons. The van der Waals surface area contributed by atoms with E-state index < -0.39 is 18.5 Å². The Bertz CT molecular complexity index is 1410. The predicted molar refractivity (Wildman–Crippen MR) is 135 cm³/mol. The number of aryl methyl sites for hydroxylation is 1. The number of nitrogens with one attached hydrogen (secondary N) is 1. The number of hydrogen-bond acceptors (Lipinski definition) is 6. The van der Waals surface area contributed by atoms with E-state index in [1.54, 1.807) is 39.3 Å². The van der Waals surface area contributed by atoms with Crippen LogP contribution < -0.4 is 10.1 Å². The Kier molecular flexibility index (Phi) is 7.34. The molecule has 8 heteroatoms. The number of para-hydroxylation sites is 1. The summed E-state index contributed by atoms with van der Waals surface area (Å²) in [6.45, 7) is 1.68. The molecule has 2 amide bonds. The summed E-state index contributed by atoms with van der Waals surface area (Å²) in [4.78, 5) is 39.4. The van der Waals surface area contributed by atoms with Crippen LogP contribution in [0, 0.1) is 6.92 Å². The molecule has 4 aromatic rings. The van der Waals surface area contributed by atoms with Crippen LogP contribution in [0.4, 0.5) is 5.69 Å². The first-order valence-electron chi connectivity index (χ1n) is 11.3. The van der Waals surface area contributed by atoms with Gasteiger partial charge >= 0.3 is 5.97 Å². The summed E-state index contributed by atoms with van der Waals surface area (Å²) in [5.41, 5.74) is 2.06. The maximum Gasteiger partial charge on any atom is 0.340 e. The van der Waals surface area contributed by atoms with Gasteiger partial charge in [-0.2, -0.15) is 0 Å². The van der Waals surface area contributed by atoms with Crippen LogP contribution in [0.3, 0.4) is 0 Å². The number of furan rings is 1. The van der Waals surface area contributed by atoms with E-state index in [-0.39, 0.29) is 17.2 Å². The fourth-order valence-corrected chi connectivity index (χ4v) is 3.76. The maximum atomic E-state index is 12.8. The standard InChI is InChI=1S/C28H26N2O6/c1-18-6-4-7-23(26(18)29-27(32)24-8-5-13-35-24)28(33)36-17-25(31)30(2)16-19-9-10-21-15-22(34-3)12-11-20(21)14-19/h4-15H,16-17H2,1-3H3,(H,29,32). The molecule has 1 aromatic heterocycles. The van der Waals surface area contributed by atoms with Crippen LogP contribution >= 0.6 is 0 Å². The molecule has 36 heavy (non-hydrogen) atoms. The summed E-state index contributed by atoms with van der Waals surface area (Å²) in [6.07, 6.45) is 1.39. The van der Waals surface area contributed by atoms with E-state index in [4.69, 9.17) is 13.9 Å². The molecule has 184 valence electrons. The highest BCUT2D eigenvalue weighted by atomic mass is 16.5. The van der Waals surface area contributed by atoms with Crippen molar-refractivity contribution < 1.29 is 28.3 Å². The second kappa shape index (κ2) is 10.8. The molecule has 4 rings (SSSR count). The van der Waals surface area contributed by atoms with Crippen molar-refractivity contribution in [3.63, 3.8) is 0 Å². The number of esters is 1. The molecule has 8 nitrogen and oxygen atoms in total. The van der Waals surface area contributed by atoms with Gasteiger partial charge in [0.2, 0.25) is 0 Å². The minimum absolute atomic E-state index is 0.113. The largest absolute Gasteiger partial charge is 0.497 e. The van der Waals surface area contributed by atoms with Crippen molar-refractivity contribution in [3.05, 3.63) is 95.4 Å². The minimum atomic E-state index is -0.713. The van der Waals surface area contributed by atoms with Crippen molar-refractivity contribution in [2.75, 3.05) is 26.1 Å². The van der Waals surface area contributed by atoms with Crippen LogP contribution in [0.2, 0.25) is 0 Å². The highest BCUT2D eigenvalue weighted by Gasteiger charge is 2.20. The third kappa shape index (κ3) is 5.55. The summed E-state index contributed by atoms with van der Waals surface area (Å²) in [6, 6.07) is 19.8. The lowest BCUT2D eigenvalue weighted by Crippen LogP contribution is -2.31. The summed E-state index contributed by atoms with van der Waals surface area (Å²) in [5.74, 6) is -0.668. The average molecular weight is 487 g/mol. The number of ether oxygens (including phenoxy) is 2. The van der Waals surface area contributed by atoms with Gasteiger partial charge in [0.1, 0.15) is 5.75 Å². The minimum Gasteiger partial charge on any atom is -0.497 e. The van der Waals surface area contributed by atoms with Crippen molar-refractivity contribution in [2.24, 2.45) is 0 Å². The number of amides is 2. The summed E-state index contributed by atoms with van der Waals surface area (Å²) in [5, 5.41) is 4.76. The Morgan fingerprint density at radius 1 is 0.972 bits per heavy atom. The highest BCUT2D eigenvalue weighted by molar-refractivity contribution is 6.07. The number of methoxy groups -OCH3 is 1. The fraction of sp³-hybridized carbons (Fsp3) is 0.179. The number of carbonyl (C=O) groups is 3. The van der Waals surface area contributed by atoms with Crippen LogP contribution in [0.1, 0.15) is 32.0 Å². The average Bonchev–Trinajstić information content (AvgIpc) is 3.43. The van der Waals surface area contributed by atoms with Gasteiger partial charge in [-0.15, -0.1) is 0 Å². The molecule has 3 aromatic carbocycles. The van der Waals surface area contributed by atoms with Gasteiger partial charge in [-0.05, 0) is 65.2 Å². The first kappa shape index (κ1) is 24.5. The van der Waals surface area contributed by atoms with Gasteiger partial charge in [-0.1, -0.05) is 30.3 Å². The van der Waals surface area contributed by atoms with Gasteiger partial charge < -0.3 is 24.1 Å². The summed E-state index contributed by atoms with van der Waals surface area (Å²) >= 11 is 0. The molecule has 0 fully saturated rings. The van der Waals surface area contributed by atoms with Gasteiger partial charge in [0.05, 0.1) is 24.6 Å². The lowest BCUT2D eigenvalue weighted by molar-refractivity contribution is -0.133. The Morgan fingerprint density at radius 2 is 1.75 bits per heavy atom. The Labute approximate surface area is 208 Å². The third-order valence-corrected chi connectivity index (χ3v) is 5.76. The molecule has 0 spiro atoms. The monoisotopic (exact) mass is 486 g/mol. The van der Waals surface area contributed by atoms with Gasteiger partial charge in [-0.25, -0.2) is 4.79 Å². The number of fused-ring (bicyclic) bond motifs is 1. The molecule has 0 unspecified atom stereocenters. The van der Waals surface area contributed by atoms with Crippen LogP contribution in [-0.4, -0.2) is 43.4 Å². The fourth-order valence-electron chi connectivity index (χ4n) is 3.76. The van der Waals surface area contributed by atoms with Gasteiger partial charge in [-0.3, -0.25) is 9.59 Å². The number of benzene rings is 3. The van der Waals surface area contributed by atoms with Crippen molar-refractivity contribution >= 4 is 34.2 Å². The molecule has 0 saturated heterocycles. The van der Waals surface area contributed by atoms with Crippen LogP contribution in [0.25, 0.3) is 10.8 Å². The highest BCUT2D eigenvalue weighted by Crippen LogP contribution is 2.24. The smallest absolute Gasteiger partial charge is 0.340 e. The first-order chi connectivity index (χ1) is 17.4. The van der Waals surface area contributed by atoms with E-state index in [9.17, 15) is 14.4 Å². The van der Waals surface area contributed by atoms with Crippen LogP contribution in [0.15, 0.2) is 77.4 Å². The van der Waals surface area contributed by atoms with E-state index in [1.807, 2.05) is 36.4 Å². The molecule has 0 atom stereocenters. The molecular formula is C28H26N2O6. The number of likely N-dealkylation sites (N-methyl/N-ethyl adjacent to an activating group) is 1. The Balaban J connectivity index is 1.38. The maximum absolute atomic E-state index is 12.8. The topological polar surface area (TPSA) is 98.1 Å². The molecule has 0 saturated carbocycles. The second-order valence-electron chi connectivity index (χ2n) is 8.30. The lowest BCUT2D eigenvalue weighted by atomic mass is 10.1. The normalized spacial score (nSPS) is 10.6. The molecule has 1 N–H and O–H groups in total. The van der Waals surface area contributed by atoms with E-state index >= 15 is 0 Å². The number of nitrogens with zero attached hydrogens (tertiary/aromatic N) is 1. The van der Waals surface area contributed by atoms with E-state index in [0.717, 1.165) is 22.1 Å². The molecule has 0 bridgehead atoms.